The van der Waals surface area contributed by atoms with Gasteiger partial charge in [-0.1, -0.05) is 0 Å². The Hall–Kier alpha value is -0.160. The lowest BCUT2D eigenvalue weighted by atomic mass is 9.87. The number of alkyl halides is 1. The highest BCUT2D eigenvalue weighted by Gasteiger charge is 2.58. The second-order valence-corrected chi connectivity index (χ2v) is 6.05. The van der Waals surface area contributed by atoms with E-state index >= 15 is 0 Å². The summed E-state index contributed by atoms with van der Waals surface area (Å²) in [5, 5.41) is 2.12. The molecule has 1 N–H and O–H groups in total. The molecule has 70 valence electrons. The van der Waals surface area contributed by atoms with Gasteiger partial charge in [-0.05, 0) is 6.92 Å². The van der Waals surface area contributed by atoms with Gasteiger partial charge in [0.1, 0.15) is 10.9 Å². The van der Waals surface area contributed by atoms with Crippen molar-refractivity contribution in [2.45, 2.75) is 17.8 Å². The van der Waals surface area contributed by atoms with E-state index in [1.165, 1.54) is 6.92 Å². The normalized spacial score (nSPS) is 50.8. The van der Waals surface area contributed by atoms with Gasteiger partial charge in [-0.3, -0.25) is 0 Å². The third-order valence-electron chi connectivity index (χ3n) is 3.02. The second-order valence-electron chi connectivity index (χ2n) is 3.82. The van der Waals surface area contributed by atoms with Crippen molar-refractivity contribution in [2.75, 3.05) is 18.8 Å². The fourth-order valence-electron chi connectivity index (χ4n) is 2.15. The molecule has 2 fully saturated rings. The van der Waals surface area contributed by atoms with Gasteiger partial charge < -0.3 is 5.32 Å². The Labute approximate surface area is 71.3 Å². The molecule has 2 heterocycles. The van der Waals surface area contributed by atoms with Crippen LogP contribution in [0.5, 0.6) is 0 Å². The van der Waals surface area contributed by atoms with Crippen LogP contribution in [0.15, 0.2) is 0 Å². The van der Waals surface area contributed by atoms with Crippen molar-refractivity contribution in [1.29, 1.82) is 0 Å². The summed E-state index contributed by atoms with van der Waals surface area (Å²) in [5.41, 5.74) is -1.51. The van der Waals surface area contributed by atoms with Crippen molar-refractivity contribution < 1.29 is 12.8 Å². The molecule has 2 aliphatic rings. The van der Waals surface area contributed by atoms with Crippen molar-refractivity contribution in [3.63, 3.8) is 0 Å². The first-order valence-corrected chi connectivity index (χ1v) is 5.77. The van der Waals surface area contributed by atoms with E-state index in [9.17, 15) is 12.8 Å². The maximum Gasteiger partial charge on any atom is 0.158 e. The smallest absolute Gasteiger partial charge is 0.158 e. The van der Waals surface area contributed by atoms with E-state index in [1.807, 2.05) is 0 Å². The van der Waals surface area contributed by atoms with Crippen molar-refractivity contribution in [3.05, 3.63) is 0 Å². The minimum Gasteiger partial charge on any atom is -0.315 e. The zero-order chi connectivity index (χ0) is 8.98. The van der Waals surface area contributed by atoms with E-state index in [1.54, 1.807) is 0 Å². The van der Waals surface area contributed by atoms with E-state index < -0.39 is 20.8 Å². The monoisotopic (exact) mass is 193 g/mol. The highest BCUT2D eigenvalue weighted by molar-refractivity contribution is 7.92. The van der Waals surface area contributed by atoms with Crippen molar-refractivity contribution in [1.82, 2.24) is 5.32 Å². The van der Waals surface area contributed by atoms with Gasteiger partial charge in [-0.15, -0.1) is 0 Å². The number of halogens is 1. The van der Waals surface area contributed by atoms with Gasteiger partial charge in [-0.25, -0.2) is 12.8 Å². The Kier molecular flexibility index (Phi) is 1.55. The minimum atomic E-state index is -3.17. The maximum atomic E-state index is 13.8. The Balaban J connectivity index is 2.46. The highest BCUT2D eigenvalue weighted by Crippen LogP contribution is 2.40. The van der Waals surface area contributed by atoms with E-state index in [0.717, 1.165) is 0 Å². The predicted octanol–water partition coefficient (Wildman–Crippen LogP) is -0.269. The summed E-state index contributed by atoms with van der Waals surface area (Å²) in [7, 11) is -3.17. The Morgan fingerprint density at radius 1 is 1.50 bits per heavy atom. The zero-order valence-electron chi connectivity index (χ0n) is 6.88. The number of rotatable bonds is 0. The SMILES string of the molecule is CC1(F)C2CNCC1S(=O)(=O)C2. The molecule has 12 heavy (non-hydrogen) atoms. The van der Waals surface area contributed by atoms with E-state index in [0.29, 0.717) is 6.54 Å². The van der Waals surface area contributed by atoms with Crippen LogP contribution in [0.4, 0.5) is 4.39 Å². The summed E-state index contributed by atoms with van der Waals surface area (Å²) < 4.78 is 36.6. The van der Waals surface area contributed by atoms with Crippen molar-refractivity contribution >= 4 is 9.84 Å². The Morgan fingerprint density at radius 2 is 2.17 bits per heavy atom. The van der Waals surface area contributed by atoms with Crippen LogP contribution < -0.4 is 5.32 Å². The van der Waals surface area contributed by atoms with E-state index in [2.05, 4.69) is 5.32 Å². The quantitative estimate of drug-likeness (QED) is 0.576. The average Bonchev–Trinajstić information content (AvgIpc) is 2.10. The third-order valence-corrected chi connectivity index (χ3v) is 5.38. The van der Waals surface area contributed by atoms with E-state index in [-0.39, 0.29) is 18.2 Å². The molecule has 0 saturated carbocycles. The molecule has 3 atom stereocenters. The molecule has 0 aliphatic carbocycles. The average molecular weight is 193 g/mol. The molecule has 2 aliphatic heterocycles. The lowest BCUT2D eigenvalue weighted by Crippen LogP contribution is -2.52. The lowest BCUT2D eigenvalue weighted by Gasteiger charge is -2.31. The molecule has 0 spiro atoms. The Bertz CT molecular complexity index is 299. The number of sulfone groups is 1. The summed E-state index contributed by atoms with van der Waals surface area (Å²) in [6.07, 6.45) is 0. The first kappa shape index (κ1) is 8.44. The number of hydrogen-bond donors (Lipinski definition) is 1. The molecule has 3 nitrogen and oxygen atoms in total. The molecule has 0 amide bonds. The van der Waals surface area contributed by atoms with Crippen LogP contribution >= 0.6 is 0 Å². The first-order valence-electron chi connectivity index (χ1n) is 4.06. The molecular formula is C7H12FNO2S. The molecule has 3 unspecified atom stereocenters. The van der Waals surface area contributed by atoms with Crippen LogP contribution in [-0.2, 0) is 9.84 Å². The molecule has 5 heteroatoms. The predicted molar refractivity (Wildman–Crippen MR) is 43.4 cm³/mol. The largest absolute Gasteiger partial charge is 0.315 e. The summed E-state index contributed by atoms with van der Waals surface area (Å²) in [4.78, 5) is 0. The maximum absolute atomic E-state index is 13.8. The van der Waals surface area contributed by atoms with Crippen LogP contribution in [-0.4, -0.2) is 38.2 Å². The number of piperidine rings is 1. The van der Waals surface area contributed by atoms with Gasteiger partial charge in [0.05, 0.1) is 5.75 Å². The molecule has 0 aromatic heterocycles. The Morgan fingerprint density at radius 3 is 2.67 bits per heavy atom. The topological polar surface area (TPSA) is 46.2 Å². The van der Waals surface area contributed by atoms with E-state index in [4.69, 9.17) is 0 Å². The summed E-state index contributed by atoms with van der Waals surface area (Å²) in [5.74, 6) is -0.334. The zero-order valence-corrected chi connectivity index (χ0v) is 7.70. The lowest BCUT2D eigenvalue weighted by molar-refractivity contribution is 0.0995. The third kappa shape index (κ3) is 0.925. The van der Waals surface area contributed by atoms with Crippen LogP contribution in [0.25, 0.3) is 0 Å². The molecule has 0 aromatic carbocycles. The minimum absolute atomic E-state index is 0.0116. The fraction of sp³-hybridized carbons (Fsp3) is 1.00. The first-order chi connectivity index (χ1) is 5.44. The molecule has 0 radical (unpaired) electrons. The van der Waals surface area contributed by atoms with Crippen LogP contribution in [0.3, 0.4) is 0 Å². The number of nitrogens with one attached hydrogen (secondary N) is 1. The summed E-state index contributed by atoms with van der Waals surface area (Å²) in [6, 6.07) is 0. The standard InChI is InChI=1S/C7H12FNO2S/c1-7(8)5-2-9-3-6(7)12(10,11)4-5/h5-6,9H,2-4H2,1H3. The van der Waals surface area contributed by atoms with Crippen molar-refractivity contribution in [3.8, 4) is 0 Å². The number of hydrogen-bond acceptors (Lipinski definition) is 3. The number of fused-ring (bicyclic) bond motifs is 2. The van der Waals surface area contributed by atoms with Gasteiger partial charge in [-0.2, -0.15) is 0 Å². The van der Waals surface area contributed by atoms with Gasteiger partial charge in [0.25, 0.3) is 0 Å². The molecule has 2 saturated heterocycles. The second kappa shape index (κ2) is 2.20. The van der Waals surface area contributed by atoms with Crippen LogP contribution in [0, 0.1) is 5.92 Å². The van der Waals surface area contributed by atoms with Gasteiger partial charge >= 0.3 is 0 Å². The van der Waals surface area contributed by atoms with Gasteiger partial charge in [0.2, 0.25) is 0 Å². The molecule has 2 bridgehead atoms. The van der Waals surface area contributed by atoms with Crippen LogP contribution in [0.2, 0.25) is 0 Å². The van der Waals surface area contributed by atoms with Gasteiger partial charge in [0.15, 0.2) is 9.84 Å². The summed E-state index contributed by atoms with van der Waals surface area (Å²) >= 11 is 0. The van der Waals surface area contributed by atoms with Crippen molar-refractivity contribution in [2.24, 2.45) is 5.92 Å². The highest BCUT2D eigenvalue weighted by atomic mass is 32.2. The molecule has 2 rings (SSSR count). The molecule has 0 aromatic rings. The molecular weight excluding hydrogens is 181 g/mol. The summed E-state index contributed by atoms with van der Waals surface area (Å²) in [6.45, 7) is 2.17. The fourth-order valence-corrected chi connectivity index (χ4v) is 4.65. The van der Waals surface area contributed by atoms with Crippen LogP contribution in [0.1, 0.15) is 6.92 Å². The van der Waals surface area contributed by atoms with Gasteiger partial charge in [0, 0.05) is 19.0 Å².